The molecule has 1 heterocycles. The average molecular weight is 412 g/mol. The Labute approximate surface area is 174 Å². The number of rotatable bonds is 8. The molecule has 7 heteroatoms. The first-order chi connectivity index (χ1) is 14.2. The fraction of sp³-hybridized carbons (Fsp3) is 0.273. The van der Waals surface area contributed by atoms with Crippen molar-refractivity contribution >= 4 is 28.1 Å². The minimum Gasteiger partial charge on any atom is -0.450 e. The zero-order valence-electron chi connectivity index (χ0n) is 16.6. The Hall–Kier alpha value is -2.90. The molecule has 0 unspecified atom stereocenters. The van der Waals surface area contributed by atoms with Gasteiger partial charge in [0.2, 0.25) is 0 Å². The molecule has 0 fully saturated rings. The number of hydrogen-bond acceptors (Lipinski definition) is 5. The minimum atomic E-state index is -0.471. The zero-order valence-corrected chi connectivity index (χ0v) is 17.4. The Kier molecular flexibility index (Phi) is 7.61. The van der Waals surface area contributed by atoms with Crippen molar-refractivity contribution in [1.82, 2.24) is 4.57 Å². The lowest BCUT2D eigenvalue weighted by molar-refractivity contribution is 0.168. The highest BCUT2D eigenvalue weighted by Gasteiger charge is 2.18. The van der Waals surface area contributed by atoms with Crippen LogP contribution in [0.15, 0.2) is 65.7 Å². The highest BCUT2D eigenvalue weighted by atomic mass is 32.1. The molecular weight excluding hydrogens is 386 g/mol. The monoisotopic (exact) mass is 411 g/mol. The molecular formula is C22H25N3O3S. The molecule has 0 saturated carbocycles. The maximum atomic E-state index is 12.1. The van der Waals surface area contributed by atoms with Crippen LogP contribution in [-0.2, 0) is 16.0 Å². The van der Waals surface area contributed by atoms with E-state index in [4.69, 9.17) is 14.5 Å². The number of amides is 1. The van der Waals surface area contributed by atoms with E-state index in [0.29, 0.717) is 24.8 Å². The van der Waals surface area contributed by atoms with Crippen LogP contribution in [0.5, 0.6) is 0 Å². The van der Waals surface area contributed by atoms with Crippen molar-refractivity contribution in [1.29, 1.82) is 0 Å². The maximum Gasteiger partial charge on any atom is 0.412 e. The zero-order chi connectivity index (χ0) is 20.5. The number of aromatic nitrogens is 1. The van der Waals surface area contributed by atoms with Crippen molar-refractivity contribution in [2.24, 2.45) is 4.99 Å². The number of anilines is 1. The number of nitrogens with one attached hydrogen (secondary N) is 1. The second-order valence-electron chi connectivity index (χ2n) is 6.22. The summed E-state index contributed by atoms with van der Waals surface area (Å²) >= 11 is 1.43. The van der Waals surface area contributed by atoms with Crippen LogP contribution < -0.4 is 10.1 Å². The van der Waals surface area contributed by atoms with E-state index in [1.165, 1.54) is 11.3 Å². The number of ether oxygens (including phenoxy) is 2. The van der Waals surface area contributed by atoms with Gasteiger partial charge in [-0.1, -0.05) is 59.9 Å². The number of benzene rings is 2. The van der Waals surface area contributed by atoms with E-state index in [1.54, 1.807) is 14.0 Å². The minimum absolute atomic E-state index is 0.312. The lowest BCUT2D eigenvalue weighted by Gasteiger charge is -2.11. The van der Waals surface area contributed by atoms with Gasteiger partial charge in [0.25, 0.3) is 0 Å². The van der Waals surface area contributed by atoms with E-state index >= 15 is 0 Å². The predicted molar refractivity (Wildman–Crippen MR) is 117 cm³/mol. The van der Waals surface area contributed by atoms with E-state index in [0.717, 1.165) is 28.2 Å². The van der Waals surface area contributed by atoms with Crippen molar-refractivity contribution < 1.29 is 14.3 Å². The van der Waals surface area contributed by atoms with E-state index < -0.39 is 6.09 Å². The molecule has 2 aromatic carbocycles. The van der Waals surface area contributed by atoms with Gasteiger partial charge in [-0.25, -0.2) is 9.79 Å². The van der Waals surface area contributed by atoms with Gasteiger partial charge in [-0.15, -0.1) is 0 Å². The molecule has 0 bridgehead atoms. The van der Waals surface area contributed by atoms with E-state index in [1.807, 2.05) is 60.7 Å². The number of nitrogens with zero attached hydrogens (tertiary/aromatic N) is 2. The maximum absolute atomic E-state index is 12.1. The van der Waals surface area contributed by atoms with Gasteiger partial charge in [-0.3, -0.25) is 5.32 Å². The average Bonchev–Trinajstić information content (AvgIpc) is 3.06. The fourth-order valence-electron chi connectivity index (χ4n) is 2.91. The summed E-state index contributed by atoms with van der Waals surface area (Å²) in [7, 11) is 1.69. The number of para-hydroxylation sites is 1. The highest BCUT2D eigenvalue weighted by molar-refractivity contribution is 7.14. The van der Waals surface area contributed by atoms with Gasteiger partial charge in [0, 0.05) is 25.8 Å². The number of hydrogen-bond donors (Lipinski definition) is 1. The van der Waals surface area contributed by atoms with Crippen molar-refractivity contribution in [3.63, 3.8) is 0 Å². The first-order valence-corrected chi connectivity index (χ1v) is 10.4. The summed E-state index contributed by atoms with van der Waals surface area (Å²) in [6.07, 6.45) is 0.356. The fourth-order valence-corrected chi connectivity index (χ4v) is 4.00. The molecule has 1 N–H and O–H groups in total. The van der Waals surface area contributed by atoms with Crippen LogP contribution in [0.2, 0.25) is 0 Å². The molecule has 0 aliphatic rings. The third-order valence-electron chi connectivity index (χ3n) is 4.16. The molecule has 152 valence electrons. The Balaban J connectivity index is 2.15. The van der Waals surface area contributed by atoms with Crippen molar-refractivity contribution in [3.8, 4) is 11.3 Å². The second kappa shape index (κ2) is 10.6. The van der Waals surface area contributed by atoms with Crippen LogP contribution >= 0.6 is 11.3 Å². The first kappa shape index (κ1) is 20.8. The highest BCUT2D eigenvalue weighted by Crippen LogP contribution is 2.31. The summed E-state index contributed by atoms with van der Waals surface area (Å²) in [4.78, 5) is 17.8. The number of methoxy groups -OCH3 is 1. The van der Waals surface area contributed by atoms with Gasteiger partial charge in [-0.2, -0.15) is 0 Å². The quantitative estimate of drug-likeness (QED) is 0.527. The number of carbonyl (C=O) groups excluding carboxylic acids is 1. The molecule has 1 amide bonds. The number of thiazole rings is 1. The summed E-state index contributed by atoms with van der Waals surface area (Å²) in [6.45, 7) is 3.45. The van der Waals surface area contributed by atoms with Crippen molar-refractivity contribution in [3.05, 3.63) is 65.5 Å². The predicted octanol–water partition coefficient (Wildman–Crippen LogP) is 5.05. The van der Waals surface area contributed by atoms with Gasteiger partial charge in [0.1, 0.15) is 5.00 Å². The van der Waals surface area contributed by atoms with Crippen LogP contribution in [0.1, 0.15) is 13.3 Å². The summed E-state index contributed by atoms with van der Waals surface area (Å²) < 4.78 is 12.5. The largest absolute Gasteiger partial charge is 0.450 e. The third kappa shape index (κ3) is 5.56. The van der Waals surface area contributed by atoms with Crippen LogP contribution in [-0.4, -0.2) is 31.0 Å². The van der Waals surface area contributed by atoms with Crippen molar-refractivity contribution in [2.75, 3.05) is 25.6 Å². The summed E-state index contributed by atoms with van der Waals surface area (Å²) in [5.41, 5.74) is 2.77. The molecule has 3 aromatic rings. The van der Waals surface area contributed by atoms with Crippen LogP contribution in [0.25, 0.3) is 11.3 Å². The van der Waals surface area contributed by atoms with Crippen LogP contribution in [0.3, 0.4) is 0 Å². The van der Waals surface area contributed by atoms with Crippen LogP contribution in [0.4, 0.5) is 15.5 Å². The molecule has 0 saturated heterocycles. The molecule has 0 atom stereocenters. The van der Waals surface area contributed by atoms with E-state index in [9.17, 15) is 4.79 Å². The Bertz CT molecular complexity index is 982. The summed E-state index contributed by atoms with van der Waals surface area (Å²) in [6, 6.07) is 19.8. The van der Waals surface area contributed by atoms with Gasteiger partial charge in [-0.05, 0) is 25.5 Å². The molecule has 6 nitrogen and oxygen atoms in total. The Morgan fingerprint density at radius 3 is 2.45 bits per heavy atom. The molecule has 0 radical (unpaired) electrons. The van der Waals surface area contributed by atoms with E-state index in [2.05, 4.69) is 9.88 Å². The Morgan fingerprint density at radius 1 is 1.10 bits per heavy atom. The van der Waals surface area contributed by atoms with Gasteiger partial charge < -0.3 is 14.0 Å². The SMILES string of the molecule is CCOC(=O)Nc1sc(=Nc2ccccc2)n(CCCOC)c1-c1ccccc1. The molecule has 1 aromatic heterocycles. The standard InChI is InChI=1S/C22H25N3O3S/c1-3-28-22(26)24-20-19(17-11-6-4-7-12-17)25(15-10-16-27-2)21(29-20)23-18-13-8-5-9-14-18/h4-9,11-14H,3,10,15-16H2,1-2H3,(H,24,26). The summed E-state index contributed by atoms with van der Waals surface area (Å²) in [5, 5.41) is 3.60. The molecule has 0 spiro atoms. The molecule has 0 aliphatic carbocycles. The number of carbonyl (C=O) groups is 1. The van der Waals surface area contributed by atoms with Gasteiger partial charge >= 0.3 is 6.09 Å². The van der Waals surface area contributed by atoms with E-state index in [-0.39, 0.29) is 0 Å². The van der Waals surface area contributed by atoms with Crippen LogP contribution in [0, 0.1) is 0 Å². The molecule has 3 rings (SSSR count). The lowest BCUT2D eigenvalue weighted by atomic mass is 10.1. The first-order valence-electron chi connectivity index (χ1n) is 9.54. The normalized spacial score (nSPS) is 11.4. The second-order valence-corrected chi connectivity index (χ2v) is 7.20. The third-order valence-corrected chi connectivity index (χ3v) is 5.15. The Morgan fingerprint density at radius 2 is 1.79 bits per heavy atom. The summed E-state index contributed by atoms with van der Waals surface area (Å²) in [5.74, 6) is 0. The smallest absolute Gasteiger partial charge is 0.412 e. The van der Waals surface area contributed by atoms with Crippen molar-refractivity contribution in [2.45, 2.75) is 19.9 Å². The van der Waals surface area contributed by atoms with Gasteiger partial charge in [0.15, 0.2) is 4.80 Å². The lowest BCUT2D eigenvalue weighted by Crippen LogP contribution is -2.17. The molecule has 0 aliphatic heterocycles. The molecule has 29 heavy (non-hydrogen) atoms. The topological polar surface area (TPSA) is 64.8 Å². The van der Waals surface area contributed by atoms with Gasteiger partial charge in [0.05, 0.1) is 18.0 Å².